The summed E-state index contributed by atoms with van der Waals surface area (Å²) in [6, 6.07) is 7.74. The number of nitrogens with one attached hydrogen (secondary N) is 1. The lowest BCUT2D eigenvalue weighted by Gasteiger charge is -2.29. The molecular formula is C20H26N4O3S. The molecule has 1 saturated heterocycles. The highest BCUT2D eigenvalue weighted by atomic mass is 32.2. The highest BCUT2D eigenvalue weighted by Crippen LogP contribution is 2.30. The van der Waals surface area contributed by atoms with E-state index in [1.54, 1.807) is 0 Å². The second-order valence-electron chi connectivity index (χ2n) is 7.66. The van der Waals surface area contributed by atoms with Crippen molar-refractivity contribution in [3.63, 3.8) is 0 Å². The molecule has 0 radical (unpaired) electrons. The van der Waals surface area contributed by atoms with Gasteiger partial charge in [0, 0.05) is 43.7 Å². The lowest BCUT2D eigenvalue weighted by Crippen LogP contribution is -2.40. The number of carbonyl (C=O) groups is 1. The molecule has 4 rings (SSSR count). The number of carbonyl (C=O) groups excluding carboxylic acids is 1. The van der Waals surface area contributed by atoms with Gasteiger partial charge in [0.15, 0.2) is 0 Å². The molecule has 1 N–H and O–H groups in total. The molecule has 8 heteroatoms. The number of fused-ring (bicyclic) bond motifs is 1. The third-order valence-electron chi connectivity index (χ3n) is 5.66. The smallest absolute Gasteiger partial charge is 0.227 e. The van der Waals surface area contributed by atoms with Crippen LogP contribution in [0, 0.1) is 5.92 Å². The zero-order valence-corrected chi connectivity index (χ0v) is 16.9. The fourth-order valence-corrected chi connectivity index (χ4v) is 4.92. The van der Waals surface area contributed by atoms with E-state index in [1.165, 1.54) is 23.4 Å². The molecule has 7 nitrogen and oxygen atoms in total. The fourth-order valence-electron chi connectivity index (χ4n) is 4.04. The van der Waals surface area contributed by atoms with Crippen molar-refractivity contribution in [1.29, 1.82) is 0 Å². The van der Waals surface area contributed by atoms with E-state index < -0.39 is 10.0 Å². The number of piperidine rings is 1. The van der Waals surface area contributed by atoms with Gasteiger partial charge in [0.2, 0.25) is 15.9 Å². The van der Waals surface area contributed by atoms with Crippen molar-refractivity contribution >= 4 is 21.6 Å². The molecule has 2 aromatic rings. The molecule has 1 amide bonds. The summed E-state index contributed by atoms with van der Waals surface area (Å²) in [5, 5.41) is 3.06. The summed E-state index contributed by atoms with van der Waals surface area (Å²) in [6.07, 6.45) is 7.71. The zero-order chi connectivity index (χ0) is 19.7. The van der Waals surface area contributed by atoms with Crippen LogP contribution in [0.2, 0.25) is 0 Å². The predicted molar refractivity (Wildman–Crippen MR) is 108 cm³/mol. The Hall–Kier alpha value is -2.19. The monoisotopic (exact) mass is 402 g/mol. The Kier molecular flexibility index (Phi) is 5.25. The Labute approximate surface area is 165 Å². The van der Waals surface area contributed by atoms with E-state index in [1.807, 2.05) is 24.3 Å². The average Bonchev–Trinajstić information content (AvgIpc) is 3.12. The summed E-state index contributed by atoms with van der Waals surface area (Å²) in [5.41, 5.74) is 2.57. The zero-order valence-electron chi connectivity index (χ0n) is 16.1. The quantitative estimate of drug-likeness (QED) is 0.852. The van der Waals surface area contributed by atoms with Crippen molar-refractivity contribution in [3.8, 4) is 11.3 Å². The standard InChI is InChI=1S/C20H26N4O3S/c1-28(26,27)24-12-9-15(10-13-24)20(25)22-17-7-3-2-6-16(17)18-14-23-11-5-4-8-19(23)21-18/h2-3,6-7,14-15H,4-5,8-13H2,1H3,(H,22,25). The molecule has 28 heavy (non-hydrogen) atoms. The SMILES string of the molecule is CS(=O)(=O)N1CCC(C(=O)Nc2ccccc2-c2cn3c(n2)CCCC3)CC1. The van der Waals surface area contributed by atoms with Gasteiger partial charge < -0.3 is 9.88 Å². The third-order valence-corrected chi connectivity index (χ3v) is 6.97. The van der Waals surface area contributed by atoms with Crippen LogP contribution >= 0.6 is 0 Å². The van der Waals surface area contributed by atoms with Gasteiger partial charge in [-0.2, -0.15) is 0 Å². The number of amides is 1. The molecule has 1 aromatic carbocycles. The largest absolute Gasteiger partial charge is 0.334 e. The molecule has 0 atom stereocenters. The Bertz CT molecular complexity index is 952. The van der Waals surface area contributed by atoms with Gasteiger partial charge in [-0.1, -0.05) is 18.2 Å². The maximum absolute atomic E-state index is 12.8. The molecule has 0 spiro atoms. The summed E-state index contributed by atoms with van der Waals surface area (Å²) < 4.78 is 27.0. The molecule has 3 heterocycles. The summed E-state index contributed by atoms with van der Waals surface area (Å²) in [6.45, 7) is 1.79. The first-order valence-electron chi connectivity index (χ1n) is 9.83. The second kappa shape index (κ2) is 7.67. The number of benzene rings is 1. The first-order valence-corrected chi connectivity index (χ1v) is 11.7. The number of nitrogens with zero attached hydrogens (tertiary/aromatic N) is 3. The van der Waals surface area contributed by atoms with E-state index in [-0.39, 0.29) is 11.8 Å². The van der Waals surface area contributed by atoms with E-state index in [0.29, 0.717) is 25.9 Å². The van der Waals surface area contributed by atoms with E-state index >= 15 is 0 Å². The summed E-state index contributed by atoms with van der Waals surface area (Å²) in [7, 11) is -3.19. The number of imidazole rings is 1. The lowest BCUT2D eigenvalue weighted by molar-refractivity contribution is -0.120. The van der Waals surface area contributed by atoms with Gasteiger partial charge in [-0.05, 0) is 31.7 Å². The molecule has 2 aliphatic rings. The topological polar surface area (TPSA) is 84.3 Å². The number of sulfonamides is 1. The molecule has 0 unspecified atom stereocenters. The van der Waals surface area contributed by atoms with Crippen molar-refractivity contribution in [2.75, 3.05) is 24.7 Å². The number of para-hydroxylation sites is 1. The van der Waals surface area contributed by atoms with Gasteiger partial charge in [0.25, 0.3) is 0 Å². The van der Waals surface area contributed by atoms with E-state index in [4.69, 9.17) is 4.98 Å². The Morgan fingerprint density at radius 2 is 1.89 bits per heavy atom. The van der Waals surface area contributed by atoms with Crippen LogP contribution in [0.4, 0.5) is 5.69 Å². The second-order valence-corrected chi connectivity index (χ2v) is 9.65. The summed E-state index contributed by atoms with van der Waals surface area (Å²) >= 11 is 0. The van der Waals surface area contributed by atoms with Crippen molar-refractivity contribution in [2.24, 2.45) is 5.92 Å². The summed E-state index contributed by atoms with van der Waals surface area (Å²) in [5.74, 6) is 0.876. The molecule has 150 valence electrons. The van der Waals surface area contributed by atoms with Gasteiger partial charge >= 0.3 is 0 Å². The Morgan fingerprint density at radius 1 is 1.14 bits per heavy atom. The minimum atomic E-state index is -3.19. The highest BCUT2D eigenvalue weighted by Gasteiger charge is 2.29. The molecule has 0 aliphatic carbocycles. The van der Waals surface area contributed by atoms with Crippen molar-refractivity contribution in [2.45, 2.75) is 38.6 Å². The van der Waals surface area contributed by atoms with Gasteiger partial charge in [-0.25, -0.2) is 17.7 Å². The van der Waals surface area contributed by atoms with Crippen LogP contribution in [0.25, 0.3) is 11.3 Å². The van der Waals surface area contributed by atoms with Crippen LogP contribution in [0.3, 0.4) is 0 Å². The van der Waals surface area contributed by atoms with E-state index in [2.05, 4.69) is 16.1 Å². The van der Waals surface area contributed by atoms with E-state index in [9.17, 15) is 13.2 Å². The summed E-state index contributed by atoms with van der Waals surface area (Å²) in [4.78, 5) is 17.6. The molecule has 0 bridgehead atoms. The van der Waals surface area contributed by atoms with Crippen LogP contribution in [0.15, 0.2) is 30.5 Å². The van der Waals surface area contributed by atoms with E-state index in [0.717, 1.165) is 35.7 Å². The van der Waals surface area contributed by atoms with Gasteiger partial charge in [-0.3, -0.25) is 4.79 Å². The molecule has 1 aromatic heterocycles. The molecular weight excluding hydrogens is 376 g/mol. The van der Waals surface area contributed by atoms with Crippen LogP contribution in [-0.2, 0) is 27.8 Å². The average molecular weight is 403 g/mol. The third kappa shape index (κ3) is 3.98. The van der Waals surface area contributed by atoms with Crippen molar-refractivity contribution in [3.05, 3.63) is 36.3 Å². The maximum Gasteiger partial charge on any atom is 0.227 e. The van der Waals surface area contributed by atoms with Gasteiger partial charge in [0.05, 0.1) is 17.6 Å². The number of hydrogen-bond acceptors (Lipinski definition) is 4. The van der Waals surface area contributed by atoms with Crippen LogP contribution in [0.1, 0.15) is 31.5 Å². The minimum absolute atomic E-state index is 0.0513. The first-order chi connectivity index (χ1) is 13.4. The van der Waals surface area contributed by atoms with Crippen molar-refractivity contribution in [1.82, 2.24) is 13.9 Å². The highest BCUT2D eigenvalue weighted by molar-refractivity contribution is 7.88. The predicted octanol–water partition coefficient (Wildman–Crippen LogP) is 2.50. The normalized spacial score (nSPS) is 18.6. The number of rotatable bonds is 4. The van der Waals surface area contributed by atoms with Crippen LogP contribution in [-0.4, -0.2) is 47.5 Å². The molecule has 1 fully saturated rings. The number of aryl methyl sites for hydroxylation is 2. The van der Waals surface area contributed by atoms with Crippen molar-refractivity contribution < 1.29 is 13.2 Å². The number of aromatic nitrogens is 2. The first kappa shape index (κ1) is 19.1. The van der Waals surface area contributed by atoms with Crippen LogP contribution in [0.5, 0.6) is 0 Å². The number of anilines is 1. The lowest BCUT2D eigenvalue weighted by atomic mass is 9.97. The Balaban J connectivity index is 1.49. The Morgan fingerprint density at radius 3 is 2.61 bits per heavy atom. The minimum Gasteiger partial charge on any atom is -0.334 e. The van der Waals surface area contributed by atoms with Gasteiger partial charge in [-0.15, -0.1) is 0 Å². The molecule has 2 aliphatic heterocycles. The van der Waals surface area contributed by atoms with Crippen LogP contribution < -0.4 is 5.32 Å². The fraction of sp³-hybridized carbons (Fsp3) is 0.500. The van der Waals surface area contributed by atoms with Gasteiger partial charge in [0.1, 0.15) is 5.82 Å². The number of hydrogen-bond donors (Lipinski definition) is 1. The maximum atomic E-state index is 12.8. The molecule has 0 saturated carbocycles.